The second kappa shape index (κ2) is 5.18. The Balaban J connectivity index is 3.32. The molecule has 1 unspecified atom stereocenters. The molecule has 0 aliphatic rings. The third-order valence-corrected chi connectivity index (χ3v) is 2.12. The third-order valence-electron chi connectivity index (χ3n) is 1.59. The zero-order valence-electron chi connectivity index (χ0n) is 6.59. The second-order valence-electron chi connectivity index (χ2n) is 2.51. The smallest absolute Gasteiger partial charge is 0.124 e. The first-order valence-electron chi connectivity index (χ1n) is 3.53. The van der Waals surface area contributed by atoms with E-state index in [0.717, 1.165) is 5.75 Å². The Morgan fingerprint density at radius 1 is 1.67 bits per heavy atom. The molecule has 1 nitrogen and oxygen atoms in total. The van der Waals surface area contributed by atoms with Gasteiger partial charge in [0.05, 0.1) is 0 Å². The number of thiol groups is 1. The van der Waals surface area contributed by atoms with Gasteiger partial charge in [-0.2, -0.15) is 12.6 Å². The molecule has 0 fully saturated rings. The summed E-state index contributed by atoms with van der Waals surface area (Å²) >= 11 is 4.21. The van der Waals surface area contributed by atoms with E-state index in [0.29, 0.717) is 5.94 Å². The van der Waals surface area contributed by atoms with Crippen molar-refractivity contribution in [2.75, 3.05) is 19.3 Å². The number of rotatable bonds is 4. The molecule has 0 aromatic carbocycles. The maximum Gasteiger partial charge on any atom is 0.124 e. The lowest BCUT2D eigenvalue weighted by molar-refractivity contribution is 0.326. The Hall–Kier alpha value is 0.375. The van der Waals surface area contributed by atoms with Crippen LogP contribution in [0.2, 0.25) is 0 Å². The molecule has 0 heterocycles. The molecule has 0 N–H and O–H groups in total. The molecule has 0 aliphatic heterocycles. The van der Waals surface area contributed by atoms with E-state index < -0.39 is 0 Å². The molecule has 0 aliphatic carbocycles. The van der Waals surface area contributed by atoms with Crippen LogP contribution < -0.4 is 0 Å². The summed E-state index contributed by atoms with van der Waals surface area (Å²) in [5.41, 5.74) is 0. The summed E-state index contributed by atoms with van der Waals surface area (Å²) < 4.78 is 0. The monoisotopic (exact) mass is 145 g/mol. The lowest BCUT2D eigenvalue weighted by Crippen LogP contribution is -2.33. The van der Waals surface area contributed by atoms with Gasteiger partial charge in [0.1, 0.15) is 7.85 Å². The lowest BCUT2D eigenvalue weighted by atomic mass is 9.97. The molecule has 0 rings (SSSR count). The fourth-order valence-corrected chi connectivity index (χ4v) is 0.991. The van der Waals surface area contributed by atoms with Crippen molar-refractivity contribution in [2.24, 2.45) is 0 Å². The first kappa shape index (κ1) is 9.37. The zero-order chi connectivity index (χ0) is 7.28. The van der Waals surface area contributed by atoms with Gasteiger partial charge < -0.3 is 4.90 Å². The predicted molar refractivity (Wildman–Crippen MR) is 49.1 cm³/mol. The van der Waals surface area contributed by atoms with Crippen molar-refractivity contribution < 1.29 is 0 Å². The topological polar surface area (TPSA) is 3.24 Å². The quantitative estimate of drug-likeness (QED) is 0.437. The summed E-state index contributed by atoms with van der Waals surface area (Å²) in [5, 5.41) is 0. The molecular formula is C6H16BNS. The van der Waals surface area contributed by atoms with Crippen LogP contribution in [-0.4, -0.2) is 38.0 Å². The van der Waals surface area contributed by atoms with Crippen LogP contribution in [-0.2, 0) is 0 Å². The summed E-state index contributed by atoms with van der Waals surface area (Å²) in [4.78, 5) is 2.33. The van der Waals surface area contributed by atoms with E-state index >= 15 is 0 Å². The fourth-order valence-electron chi connectivity index (χ4n) is 0.712. The van der Waals surface area contributed by atoms with Crippen LogP contribution in [0.5, 0.6) is 0 Å². The number of nitrogens with zero attached hydrogens (tertiary/aromatic N) is 1. The molecule has 54 valence electrons. The van der Waals surface area contributed by atoms with E-state index in [2.05, 4.69) is 39.3 Å². The SMILES string of the molecule is BC(CS)N(C)CCC. The van der Waals surface area contributed by atoms with Gasteiger partial charge in [-0.05, 0) is 31.7 Å². The molecule has 0 saturated carbocycles. The van der Waals surface area contributed by atoms with Crippen LogP contribution in [0.3, 0.4) is 0 Å². The van der Waals surface area contributed by atoms with E-state index in [-0.39, 0.29) is 0 Å². The van der Waals surface area contributed by atoms with Gasteiger partial charge in [-0.15, -0.1) is 0 Å². The van der Waals surface area contributed by atoms with Crippen molar-refractivity contribution in [3.05, 3.63) is 0 Å². The fraction of sp³-hybridized carbons (Fsp3) is 1.00. The highest BCUT2D eigenvalue weighted by Gasteiger charge is 2.03. The largest absolute Gasteiger partial charge is 0.311 e. The van der Waals surface area contributed by atoms with Gasteiger partial charge in [0.15, 0.2) is 0 Å². The Labute approximate surface area is 64.6 Å². The molecule has 0 amide bonds. The van der Waals surface area contributed by atoms with E-state index in [9.17, 15) is 0 Å². The van der Waals surface area contributed by atoms with Gasteiger partial charge in [-0.1, -0.05) is 6.92 Å². The van der Waals surface area contributed by atoms with Crippen LogP contribution in [0.4, 0.5) is 0 Å². The standard InChI is InChI=1S/C6H16BNS/c1-3-4-8(2)6(7)5-9/h6,9H,3-5,7H2,1-2H3. The minimum atomic E-state index is 0.619. The van der Waals surface area contributed by atoms with E-state index in [1.807, 2.05) is 0 Å². The van der Waals surface area contributed by atoms with Crippen LogP contribution in [0.1, 0.15) is 13.3 Å². The lowest BCUT2D eigenvalue weighted by Gasteiger charge is -2.21. The van der Waals surface area contributed by atoms with Crippen LogP contribution >= 0.6 is 12.6 Å². The molecule has 0 aromatic rings. The van der Waals surface area contributed by atoms with E-state index in [1.54, 1.807) is 0 Å². The molecule has 0 spiro atoms. The average Bonchev–Trinajstić information content (AvgIpc) is 1.87. The van der Waals surface area contributed by atoms with Crippen LogP contribution in [0, 0.1) is 0 Å². The highest BCUT2D eigenvalue weighted by atomic mass is 32.1. The van der Waals surface area contributed by atoms with Crippen molar-refractivity contribution in [1.29, 1.82) is 0 Å². The average molecular weight is 145 g/mol. The van der Waals surface area contributed by atoms with Crippen molar-refractivity contribution in [1.82, 2.24) is 4.90 Å². The Morgan fingerprint density at radius 3 is 2.56 bits per heavy atom. The minimum Gasteiger partial charge on any atom is -0.311 e. The normalized spacial score (nSPS) is 14.2. The Morgan fingerprint density at radius 2 is 2.22 bits per heavy atom. The molecule has 9 heavy (non-hydrogen) atoms. The summed E-state index contributed by atoms with van der Waals surface area (Å²) in [6, 6.07) is 0. The van der Waals surface area contributed by atoms with Crippen LogP contribution in [0.15, 0.2) is 0 Å². The zero-order valence-corrected chi connectivity index (χ0v) is 7.49. The summed E-state index contributed by atoms with van der Waals surface area (Å²) in [6.07, 6.45) is 1.23. The van der Waals surface area contributed by atoms with Gasteiger partial charge in [0.2, 0.25) is 0 Å². The van der Waals surface area contributed by atoms with Gasteiger partial charge in [0, 0.05) is 0 Å². The van der Waals surface area contributed by atoms with E-state index in [4.69, 9.17) is 0 Å². The summed E-state index contributed by atoms with van der Waals surface area (Å²) in [6.45, 7) is 3.38. The van der Waals surface area contributed by atoms with Gasteiger partial charge in [-0.25, -0.2) is 0 Å². The van der Waals surface area contributed by atoms with Gasteiger partial charge >= 0.3 is 0 Å². The summed E-state index contributed by atoms with van der Waals surface area (Å²) in [7, 11) is 4.34. The summed E-state index contributed by atoms with van der Waals surface area (Å²) in [5.74, 6) is 1.57. The Kier molecular flexibility index (Phi) is 5.40. The van der Waals surface area contributed by atoms with Crippen LogP contribution in [0.25, 0.3) is 0 Å². The van der Waals surface area contributed by atoms with Gasteiger partial charge in [0.25, 0.3) is 0 Å². The van der Waals surface area contributed by atoms with E-state index in [1.165, 1.54) is 13.0 Å². The maximum atomic E-state index is 4.21. The number of hydrogen-bond donors (Lipinski definition) is 1. The van der Waals surface area contributed by atoms with Crippen molar-refractivity contribution in [3.63, 3.8) is 0 Å². The number of hydrogen-bond acceptors (Lipinski definition) is 2. The molecule has 0 radical (unpaired) electrons. The Bertz CT molecular complexity index is 70.1. The first-order valence-corrected chi connectivity index (χ1v) is 4.16. The molecule has 1 atom stereocenters. The second-order valence-corrected chi connectivity index (χ2v) is 2.88. The first-order chi connectivity index (χ1) is 4.22. The molecule has 0 aromatic heterocycles. The molecule has 3 heteroatoms. The van der Waals surface area contributed by atoms with Crippen molar-refractivity contribution in [2.45, 2.75) is 19.3 Å². The van der Waals surface area contributed by atoms with Crippen molar-refractivity contribution >= 4 is 20.5 Å². The highest BCUT2D eigenvalue weighted by molar-refractivity contribution is 7.80. The molecule has 0 saturated heterocycles. The highest BCUT2D eigenvalue weighted by Crippen LogP contribution is 1.94. The van der Waals surface area contributed by atoms with Crippen molar-refractivity contribution in [3.8, 4) is 0 Å². The maximum absolute atomic E-state index is 4.21. The van der Waals surface area contributed by atoms with Gasteiger partial charge in [-0.3, -0.25) is 0 Å². The molecule has 0 bridgehead atoms. The predicted octanol–water partition coefficient (Wildman–Crippen LogP) is 0.217. The third kappa shape index (κ3) is 3.87. The molecular weight excluding hydrogens is 129 g/mol. The minimum absolute atomic E-state index is 0.619.